The zero-order valence-corrected chi connectivity index (χ0v) is 22.8. The van der Waals surface area contributed by atoms with Crippen LogP contribution >= 0.6 is 51.5 Å². The van der Waals surface area contributed by atoms with Crippen molar-refractivity contribution >= 4 is 67.8 Å². The quantitative estimate of drug-likeness (QED) is 0.223. The molecule has 0 spiro atoms. The molecule has 9 heteroatoms. The van der Waals surface area contributed by atoms with Crippen LogP contribution in [0.1, 0.15) is 29.4 Å². The first-order valence-corrected chi connectivity index (χ1v) is 13.0. The third-order valence-corrected chi connectivity index (χ3v) is 7.41. The maximum Gasteiger partial charge on any atom is 0.285 e. The molecule has 1 aliphatic rings. The van der Waals surface area contributed by atoms with Crippen LogP contribution in [0, 0.1) is 13.8 Å². The minimum Gasteiger partial charge on any atom is -0.490 e. The molecule has 0 atom stereocenters. The van der Waals surface area contributed by atoms with Gasteiger partial charge in [-0.05, 0) is 90.9 Å². The molecule has 1 fully saturated rings. The second kappa shape index (κ2) is 10.6. The Hall–Kier alpha value is -2.26. The average Bonchev–Trinajstić information content (AvgIpc) is 3.25. The lowest BCUT2D eigenvalue weighted by molar-refractivity contribution is -0.114. The van der Waals surface area contributed by atoms with E-state index in [2.05, 4.69) is 15.9 Å². The van der Waals surface area contributed by atoms with Crippen LogP contribution in [-0.2, 0) is 11.4 Å². The van der Waals surface area contributed by atoms with Gasteiger partial charge in [-0.1, -0.05) is 41.6 Å². The van der Waals surface area contributed by atoms with Crippen molar-refractivity contribution in [2.75, 3.05) is 11.6 Å². The number of halogens is 2. The molecule has 1 aromatic heterocycles. The predicted molar refractivity (Wildman–Crippen MR) is 146 cm³/mol. The molecule has 0 saturated carbocycles. The summed E-state index contributed by atoms with van der Waals surface area (Å²) < 4.78 is 15.0. The molecule has 3 aromatic rings. The van der Waals surface area contributed by atoms with Gasteiger partial charge in [0.1, 0.15) is 6.61 Å². The number of thioether (sulfide) groups is 1. The third-order valence-electron chi connectivity index (χ3n) is 5.17. The molecule has 1 saturated heterocycles. The number of nitrogens with zero attached hydrogens (tertiary/aromatic N) is 2. The first kappa shape index (κ1) is 24.9. The van der Waals surface area contributed by atoms with Crippen molar-refractivity contribution in [1.29, 1.82) is 0 Å². The zero-order chi connectivity index (χ0) is 24.4. The molecule has 2 aromatic carbocycles. The first-order valence-electron chi connectivity index (χ1n) is 10.6. The molecule has 1 amide bonds. The molecular formula is C25H22BrClN2O3S2. The fourth-order valence-corrected chi connectivity index (χ4v) is 5.61. The van der Waals surface area contributed by atoms with Gasteiger partial charge in [0.25, 0.3) is 5.91 Å². The Bertz CT molecular complexity index is 1290. The van der Waals surface area contributed by atoms with Crippen LogP contribution in [0.5, 0.6) is 11.5 Å². The summed E-state index contributed by atoms with van der Waals surface area (Å²) in [6.07, 6.45) is 1.82. The van der Waals surface area contributed by atoms with Crippen molar-refractivity contribution in [2.45, 2.75) is 27.4 Å². The lowest BCUT2D eigenvalue weighted by Crippen LogP contribution is -2.39. The number of aryl methyl sites for hydroxylation is 2. The normalized spacial score (nSPS) is 14.9. The minimum atomic E-state index is -0.162. The number of hydrogen-bond donors (Lipinski definition) is 0. The van der Waals surface area contributed by atoms with Crippen LogP contribution in [0.3, 0.4) is 0 Å². The number of amides is 1. The topological polar surface area (TPSA) is 43.7 Å². The van der Waals surface area contributed by atoms with Gasteiger partial charge in [0.15, 0.2) is 15.8 Å². The number of benzene rings is 2. The second-order valence-electron chi connectivity index (χ2n) is 7.56. The van der Waals surface area contributed by atoms with Gasteiger partial charge in [-0.3, -0.25) is 9.47 Å². The standard InChI is InChI=1S/C25H22BrClN2O3S2/c1-4-31-21-12-17(11-19(26)23(21)32-14-18-7-5-6-8-20(18)27)13-22-24(30)29(25(33)34-22)28-15(2)9-10-16(28)3/h5-13H,4,14H2,1-3H3/b22-13+. The molecule has 0 aliphatic carbocycles. The summed E-state index contributed by atoms with van der Waals surface area (Å²) in [4.78, 5) is 13.8. The molecule has 0 N–H and O–H groups in total. The molecular weight excluding hydrogens is 556 g/mol. The number of aromatic nitrogens is 1. The van der Waals surface area contributed by atoms with Crippen LogP contribution in [0.2, 0.25) is 5.02 Å². The van der Waals surface area contributed by atoms with Crippen LogP contribution in [-0.4, -0.2) is 21.5 Å². The van der Waals surface area contributed by atoms with Crippen molar-refractivity contribution in [3.63, 3.8) is 0 Å². The number of carbonyl (C=O) groups is 1. The number of rotatable bonds is 7. The van der Waals surface area contributed by atoms with Crippen molar-refractivity contribution in [1.82, 2.24) is 4.68 Å². The summed E-state index contributed by atoms with van der Waals surface area (Å²) in [6, 6.07) is 15.2. The third kappa shape index (κ3) is 5.05. The minimum absolute atomic E-state index is 0.162. The highest BCUT2D eigenvalue weighted by Gasteiger charge is 2.34. The highest BCUT2D eigenvalue weighted by Crippen LogP contribution is 2.40. The van der Waals surface area contributed by atoms with E-state index in [-0.39, 0.29) is 5.91 Å². The number of ether oxygens (including phenoxy) is 2. The van der Waals surface area contributed by atoms with E-state index >= 15 is 0 Å². The van der Waals surface area contributed by atoms with E-state index in [0.717, 1.165) is 22.5 Å². The maximum absolute atomic E-state index is 13.2. The summed E-state index contributed by atoms with van der Waals surface area (Å²) in [5.41, 5.74) is 3.55. The van der Waals surface area contributed by atoms with E-state index in [9.17, 15) is 4.79 Å². The second-order valence-corrected chi connectivity index (χ2v) is 10.5. The lowest BCUT2D eigenvalue weighted by Gasteiger charge is -2.20. The average molecular weight is 578 g/mol. The Morgan fingerprint density at radius 2 is 1.82 bits per heavy atom. The summed E-state index contributed by atoms with van der Waals surface area (Å²) >= 11 is 16.7. The number of carbonyl (C=O) groups excluding carboxylic acids is 1. The lowest BCUT2D eigenvalue weighted by atomic mass is 10.1. The summed E-state index contributed by atoms with van der Waals surface area (Å²) in [7, 11) is 0. The van der Waals surface area contributed by atoms with E-state index < -0.39 is 0 Å². The van der Waals surface area contributed by atoms with Gasteiger partial charge in [-0.25, -0.2) is 0 Å². The molecule has 4 rings (SSSR count). The van der Waals surface area contributed by atoms with Gasteiger partial charge in [0.05, 0.1) is 16.0 Å². The van der Waals surface area contributed by atoms with Gasteiger partial charge < -0.3 is 9.47 Å². The summed E-state index contributed by atoms with van der Waals surface area (Å²) in [5.74, 6) is 0.985. The number of thiocarbonyl (C=S) groups is 1. The fraction of sp³-hybridized carbons (Fsp3) is 0.200. The highest BCUT2D eigenvalue weighted by atomic mass is 79.9. The van der Waals surface area contributed by atoms with Gasteiger partial charge in [0.2, 0.25) is 0 Å². The first-order chi connectivity index (χ1) is 16.3. The fourth-order valence-electron chi connectivity index (χ4n) is 3.60. The maximum atomic E-state index is 13.2. The Balaban J connectivity index is 1.63. The van der Waals surface area contributed by atoms with Crippen LogP contribution in [0.15, 0.2) is 57.9 Å². The predicted octanol–water partition coefficient (Wildman–Crippen LogP) is 7.04. The molecule has 2 heterocycles. The molecule has 1 aliphatic heterocycles. The largest absolute Gasteiger partial charge is 0.490 e. The molecule has 0 unspecified atom stereocenters. The Morgan fingerprint density at radius 3 is 2.50 bits per heavy atom. The van der Waals surface area contributed by atoms with Crippen LogP contribution in [0.25, 0.3) is 6.08 Å². The van der Waals surface area contributed by atoms with Crippen LogP contribution in [0.4, 0.5) is 0 Å². The Morgan fingerprint density at radius 1 is 1.12 bits per heavy atom. The van der Waals surface area contributed by atoms with Crippen molar-refractivity contribution in [2.24, 2.45) is 0 Å². The summed E-state index contributed by atoms with van der Waals surface area (Å²) in [6.45, 7) is 6.56. The molecule has 34 heavy (non-hydrogen) atoms. The van der Waals surface area contributed by atoms with Gasteiger partial charge in [-0.15, -0.1) is 0 Å². The van der Waals surface area contributed by atoms with E-state index in [0.29, 0.717) is 43.4 Å². The molecule has 176 valence electrons. The van der Waals surface area contributed by atoms with Crippen molar-refractivity contribution in [3.8, 4) is 11.5 Å². The Labute approximate surface area is 221 Å². The SMILES string of the molecule is CCOc1cc(/C=C2/SC(=S)N(n3c(C)ccc3C)C2=O)cc(Br)c1OCc1ccccc1Cl. The molecule has 5 nitrogen and oxygen atoms in total. The van der Waals surface area contributed by atoms with E-state index in [1.54, 1.807) is 0 Å². The van der Waals surface area contributed by atoms with Gasteiger partial charge in [-0.2, -0.15) is 5.01 Å². The zero-order valence-electron chi connectivity index (χ0n) is 18.8. The highest BCUT2D eigenvalue weighted by molar-refractivity contribution is 9.10. The van der Waals surface area contributed by atoms with Crippen LogP contribution < -0.4 is 14.5 Å². The van der Waals surface area contributed by atoms with Gasteiger partial charge in [0, 0.05) is 22.0 Å². The van der Waals surface area contributed by atoms with Crippen molar-refractivity contribution < 1.29 is 14.3 Å². The van der Waals surface area contributed by atoms with Crippen molar-refractivity contribution in [3.05, 3.63) is 85.4 Å². The van der Waals surface area contributed by atoms with E-state index in [1.807, 2.05) is 80.1 Å². The monoisotopic (exact) mass is 576 g/mol. The van der Waals surface area contributed by atoms with Gasteiger partial charge >= 0.3 is 0 Å². The molecule has 0 bridgehead atoms. The summed E-state index contributed by atoms with van der Waals surface area (Å²) in [5, 5.41) is 2.18. The smallest absolute Gasteiger partial charge is 0.285 e. The van der Waals surface area contributed by atoms with E-state index in [4.69, 9.17) is 33.3 Å². The number of hydrogen-bond acceptors (Lipinski definition) is 5. The van der Waals surface area contributed by atoms with E-state index in [1.165, 1.54) is 16.8 Å². The molecule has 0 radical (unpaired) electrons. The Kier molecular flexibility index (Phi) is 7.72.